The van der Waals surface area contributed by atoms with Crippen LogP contribution in [0.2, 0.25) is 0 Å². The zero-order chi connectivity index (χ0) is 17.2. The Bertz CT molecular complexity index is 834. The lowest BCUT2D eigenvalue weighted by molar-refractivity contribution is 0.0988. The van der Waals surface area contributed by atoms with E-state index in [1.54, 1.807) is 29.2 Å². The van der Waals surface area contributed by atoms with Gasteiger partial charge in [-0.25, -0.2) is 8.42 Å². The highest BCUT2D eigenvalue weighted by molar-refractivity contribution is 7.93. The topological polar surface area (TPSA) is 57.7 Å². The third-order valence-corrected chi connectivity index (χ3v) is 5.98. The molecular formula is C18H20N2O3S. The van der Waals surface area contributed by atoms with E-state index in [-0.39, 0.29) is 11.7 Å². The predicted octanol–water partition coefficient (Wildman–Crippen LogP) is 2.89. The summed E-state index contributed by atoms with van der Waals surface area (Å²) in [5, 5.41) is 0. The number of anilines is 2. The first kappa shape index (κ1) is 16.5. The molecule has 1 amide bonds. The van der Waals surface area contributed by atoms with Crippen molar-refractivity contribution in [2.75, 3.05) is 28.0 Å². The number of hydrogen-bond acceptors (Lipinski definition) is 3. The second kappa shape index (κ2) is 6.65. The SMILES string of the molecule is CCN(C(=O)c1cccc(N2CCCS2(=O)=O)c1)c1ccccc1. The fourth-order valence-corrected chi connectivity index (χ4v) is 4.49. The van der Waals surface area contributed by atoms with E-state index in [2.05, 4.69) is 0 Å². The minimum atomic E-state index is -3.25. The van der Waals surface area contributed by atoms with Crippen LogP contribution in [0.3, 0.4) is 0 Å². The molecule has 5 nitrogen and oxygen atoms in total. The minimum Gasteiger partial charge on any atom is -0.309 e. The van der Waals surface area contributed by atoms with Crippen LogP contribution in [0, 0.1) is 0 Å². The lowest BCUT2D eigenvalue weighted by atomic mass is 10.1. The van der Waals surface area contributed by atoms with E-state index in [0.717, 1.165) is 5.69 Å². The number of carbonyl (C=O) groups excluding carboxylic acids is 1. The third kappa shape index (κ3) is 3.14. The predicted molar refractivity (Wildman–Crippen MR) is 96.0 cm³/mol. The van der Waals surface area contributed by atoms with Crippen LogP contribution in [0.1, 0.15) is 23.7 Å². The van der Waals surface area contributed by atoms with Gasteiger partial charge in [-0.2, -0.15) is 0 Å². The standard InChI is InChI=1S/C18H20N2O3S/c1-2-19(16-9-4-3-5-10-16)18(21)15-8-6-11-17(14-15)20-12-7-13-24(20,22)23/h3-6,8-11,14H,2,7,12-13H2,1H3. The van der Waals surface area contributed by atoms with Gasteiger partial charge in [-0.1, -0.05) is 24.3 Å². The van der Waals surface area contributed by atoms with Crippen molar-refractivity contribution >= 4 is 27.3 Å². The van der Waals surface area contributed by atoms with Crippen molar-refractivity contribution < 1.29 is 13.2 Å². The zero-order valence-electron chi connectivity index (χ0n) is 13.6. The van der Waals surface area contributed by atoms with Crippen molar-refractivity contribution in [1.82, 2.24) is 0 Å². The number of rotatable bonds is 4. The molecule has 2 aromatic rings. The molecule has 126 valence electrons. The van der Waals surface area contributed by atoms with E-state index >= 15 is 0 Å². The average Bonchev–Trinajstić information content (AvgIpc) is 2.96. The summed E-state index contributed by atoms with van der Waals surface area (Å²) in [6, 6.07) is 16.3. The summed E-state index contributed by atoms with van der Waals surface area (Å²) >= 11 is 0. The van der Waals surface area contributed by atoms with Gasteiger partial charge in [-0.3, -0.25) is 9.10 Å². The zero-order valence-corrected chi connectivity index (χ0v) is 14.4. The molecule has 0 aromatic heterocycles. The van der Waals surface area contributed by atoms with E-state index in [1.807, 2.05) is 37.3 Å². The van der Waals surface area contributed by atoms with E-state index in [1.165, 1.54) is 4.31 Å². The number of hydrogen-bond donors (Lipinski definition) is 0. The smallest absolute Gasteiger partial charge is 0.258 e. The van der Waals surface area contributed by atoms with E-state index in [9.17, 15) is 13.2 Å². The Morgan fingerprint density at radius 1 is 1.12 bits per heavy atom. The number of nitrogens with zero attached hydrogens (tertiary/aromatic N) is 2. The molecule has 0 aliphatic carbocycles. The molecule has 1 saturated heterocycles. The fraction of sp³-hybridized carbons (Fsp3) is 0.278. The summed E-state index contributed by atoms with van der Waals surface area (Å²) in [7, 11) is -3.25. The molecule has 3 rings (SSSR count). The van der Waals surface area contributed by atoms with Gasteiger partial charge in [0.25, 0.3) is 5.91 Å². The Hall–Kier alpha value is -2.34. The molecule has 0 atom stereocenters. The van der Waals surface area contributed by atoms with Gasteiger partial charge >= 0.3 is 0 Å². The molecular weight excluding hydrogens is 324 g/mol. The number of amides is 1. The average molecular weight is 344 g/mol. The van der Waals surface area contributed by atoms with Crippen LogP contribution in [0.5, 0.6) is 0 Å². The summed E-state index contributed by atoms with van der Waals surface area (Å²) < 4.78 is 25.6. The normalized spacial score (nSPS) is 16.1. The van der Waals surface area contributed by atoms with Crippen LogP contribution in [0.4, 0.5) is 11.4 Å². The second-order valence-electron chi connectivity index (χ2n) is 5.68. The van der Waals surface area contributed by atoms with Crippen molar-refractivity contribution in [3.05, 3.63) is 60.2 Å². The summed E-state index contributed by atoms with van der Waals surface area (Å²) in [6.45, 7) is 2.92. The maximum absolute atomic E-state index is 12.9. The van der Waals surface area contributed by atoms with Crippen LogP contribution >= 0.6 is 0 Å². The molecule has 1 fully saturated rings. The fourth-order valence-electron chi connectivity index (χ4n) is 2.93. The third-order valence-electron chi connectivity index (χ3n) is 4.11. The van der Waals surface area contributed by atoms with Gasteiger partial charge in [0.05, 0.1) is 11.4 Å². The Morgan fingerprint density at radius 2 is 1.88 bits per heavy atom. The number of benzene rings is 2. The molecule has 1 heterocycles. The Kier molecular flexibility index (Phi) is 4.57. The summed E-state index contributed by atoms with van der Waals surface area (Å²) in [4.78, 5) is 14.5. The molecule has 0 bridgehead atoms. The van der Waals surface area contributed by atoms with Crippen molar-refractivity contribution in [3.63, 3.8) is 0 Å². The van der Waals surface area contributed by atoms with Crippen molar-refractivity contribution in [2.24, 2.45) is 0 Å². The van der Waals surface area contributed by atoms with E-state index < -0.39 is 10.0 Å². The minimum absolute atomic E-state index is 0.137. The van der Waals surface area contributed by atoms with E-state index in [0.29, 0.717) is 30.8 Å². The molecule has 0 saturated carbocycles. The van der Waals surface area contributed by atoms with Crippen molar-refractivity contribution in [1.29, 1.82) is 0 Å². The van der Waals surface area contributed by atoms with Crippen LogP contribution in [-0.4, -0.2) is 33.2 Å². The molecule has 0 N–H and O–H groups in total. The summed E-state index contributed by atoms with van der Waals surface area (Å²) in [6.07, 6.45) is 0.617. The van der Waals surface area contributed by atoms with Gasteiger partial charge in [-0.05, 0) is 43.7 Å². The Labute approximate surface area is 142 Å². The number of sulfonamides is 1. The van der Waals surface area contributed by atoms with Crippen LogP contribution < -0.4 is 9.21 Å². The maximum atomic E-state index is 12.9. The van der Waals surface area contributed by atoms with Gasteiger partial charge in [0.15, 0.2) is 0 Å². The van der Waals surface area contributed by atoms with Gasteiger partial charge in [0.1, 0.15) is 0 Å². The molecule has 0 spiro atoms. The van der Waals surface area contributed by atoms with Gasteiger partial charge < -0.3 is 4.90 Å². The van der Waals surface area contributed by atoms with Gasteiger partial charge in [0.2, 0.25) is 10.0 Å². The van der Waals surface area contributed by atoms with E-state index in [4.69, 9.17) is 0 Å². The first-order valence-corrected chi connectivity index (χ1v) is 9.61. The molecule has 0 radical (unpaired) electrons. The molecule has 24 heavy (non-hydrogen) atoms. The lowest BCUT2D eigenvalue weighted by Gasteiger charge is -2.22. The van der Waals surface area contributed by atoms with Gasteiger partial charge in [0, 0.05) is 24.3 Å². The molecule has 1 aliphatic rings. The van der Waals surface area contributed by atoms with Gasteiger partial charge in [-0.15, -0.1) is 0 Å². The van der Waals surface area contributed by atoms with Crippen molar-refractivity contribution in [3.8, 4) is 0 Å². The van der Waals surface area contributed by atoms with Crippen molar-refractivity contribution in [2.45, 2.75) is 13.3 Å². The second-order valence-corrected chi connectivity index (χ2v) is 7.69. The highest BCUT2D eigenvalue weighted by Gasteiger charge is 2.29. The highest BCUT2D eigenvalue weighted by atomic mass is 32.2. The lowest BCUT2D eigenvalue weighted by Crippen LogP contribution is -2.31. The summed E-state index contributed by atoms with van der Waals surface area (Å²) in [5.74, 6) is 0.0261. The number of para-hydroxylation sites is 1. The van der Waals surface area contributed by atoms with Crippen LogP contribution in [-0.2, 0) is 10.0 Å². The molecule has 0 unspecified atom stereocenters. The monoisotopic (exact) mass is 344 g/mol. The maximum Gasteiger partial charge on any atom is 0.258 e. The largest absolute Gasteiger partial charge is 0.309 e. The highest BCUT2D eigenvalue weighted by Crippen LogP contribution is 2.26. The molecule has 6 heteroatoms. The quantitative estimate of drug-likeness (QED) is 0.857. The molecule has 2 aromatic carbocycles. The van der Waals surface area contributed by atoms with Crippen LogP contribution in [0.25, 0.3) is 0 Å². The first-order chi connectivity index (χ1) is 11.5. The van der Waals surface area contributed by atoms with Crippen LogP contribution in [0.15, 0.2) is 54.6 Å². The Morgan fingerprint density at radius 3 is 2.50 bits per heavy atom. The molecule has 1 aliphatic heterocycles. The number of carbonyl (C=O) groups is 1. The Balaban J connectivity index is 1.92. The first-order valence-electron chi connectivity index (χ1n) is 8.00. The summed E-state index contributed by atoms with van der Waals surface area (Å²) in [5.41, 5.74) is 1.87.